The van der Waals surface area contributed by atoms with Gasteiger partial charge in [0.1, 0.15) is 11.7 Å². The SMILES string of the molecule is C[C@@H]1C(=O)C[C@@H](C(N)=O)C1=O. The molecule has 1 aliphatic rings. The molecule has 0 radical (unpaired) electrons. The van der Waals surface area contributed by atoms with Crippen LogP contribution in [0, 0.1) is 11.8 Å². The first-order chi connectivity index (χ1) is 5.04. The minimum atomic E-state index is -0.863. The highest BCUT2D eigenvalue weighted by atomic mass is 16.2. The van der Waals surface area contributed by atoms with Crippen LogP contribution in [0.15, 0.2) is 0 Å². The van der Waals surface area contributed by atoms with Crippen LogP contribution in [0.4, 0.5) is 0 Å². The molecule has 1 saturated carbocycles. The summed E-state index contributed by atoms with van der Waals surface area (Å²) >= 11 is 0. The van der Waals surface area contributed by atoms with Crippen molar-refractivity contribution in [1.82, 2.24) is 0 Å². The Kier molecular flexibility index (Phi) is 1.76. The lowest BCUT2D eigenvalue weighted by molar-refractivity contribution is -0.131. The normalized spacial score (nSPS) is 31.0. The van der Waals surface area contributed by atoms with Gasteiger partial charge in [-0.1, -0.05) is 0 Å². The van der Waals surface area contributed by atoms with E-state index in [9.17, 15) is 14.4 Å². The maximum Gasteiger partial charge on any atom is 0.228 e. The summed E-state index contributed by atoms with van der Waals surface area (Å²) in [5.41, 5.74) is 4.90. The molecule has 0 unspecified atom stereocenters. The Labute approximate surface area is 63.7 Å². The van der Waals surface area contributed by atoms with E-state index in [4.69, 9.17) is 5.73 Å². The number of Topliss-reactive ketones (excluding diaryl/α,β-unsaturated/α-hetero) is 2. The average Bonchev–Trinajstić information content (AvgIpc) is 2.17. The third-order valence-corrected chi connectivity index (χ3v) is 2.00. The smallest absolute Gasteiger partial charge is 0.228 e. The minimum absolute atomic E-state index is 0.00463. The van der Waals surface area contributed by atoms with E-state index >= 15 is 0 Å². The Morgan fingerprint density at radius 2 is 2.09 bits per heavy atom. The number of primary amides is 1. The number of carbonyl (C=O) groups is 3. The molecule has 0 spiro atoms. The Balaban J connectivity index is 2.83. The molecule has 0 bridgehead atoms. The average molecular weight is 155 g/mol. The number of hydrogen-bond donors (Lipinski definition) is 1. The van der Waals surface area contributed by atoms with Gasteiger partial charge in [0.05, 0.1) is 5.92 Å². The van der Waals surface area contributed by atoms with Crippen LogP contribution in [-0.4, -0.2) is 17.5 Å². The van der Waals surface area contributed by atoms with Crippen LogP contribution in [0.1, 0.15) is 13.3 Å². The standard InChI is InChI=1S/C7H9NO3/c1-3-5(9)2-4(6(3)10)7(8)11/h3-4H,2H2,1H3,(H2,8,11)/t3-,4-/m1/s1. The van der Waals surface area contributed by atoms with Crippen LogP contribution in [0.3, 0.4) is 0 Å². The maximum atomic E-state index is 11.0. The predicted molar refractivity (Wildman–Crippen MR) is 36.5 cm³/mol. The van der Waals surface area contributed by atoms with Gasteiger partial charge in [-0.05, 0) is 6.92 Å². The van der Waals surface area contributed by atoms with Gasteiger partial charge in [-0.3, -0.25) is 14.4 Å². The van der Waals surface area contributed by atoms with Crippen molar-refractivity contribution in [3.8, 4) is 0 Å². The third-order valence-electron chi connectivity index (χ3n) is 2.00. The molecule has 0 aliphatic heterocycles. The van der Waals surface area contributed by atoms with Gasteiger partial charge in [-0.2, -0.15) is 0 Å². The van der Waals surface area contributed by atoms with E-state index in [0.29, 0.717) is 0 Å². The molecule has 1 amide bonds. The van der Waals surface area contributed by atoms with E-state index in [1.165, 1.54) is 6.92 Å². The number of amides is 1. The quantitative estimate of drug-likeness (QED) is 0.507. The summed E-state index contributed by atoms with van der Waals surface area (Å²) in [6.45, 7) is 1.51. The molecule has 1 fully saturated rings. The highest BCUT2D eigenvalue weighted by Gasteiger charge is 2.40. The molecule has 1 rings (SSSR count). The molecule has 4 nitrogen and oxygen atoms in total. The van der Waals surface area contributed by atoms with Crippen molar-refractivity contribution in [2.75, 3.05) is 0 Å². The van der Waals surface area contributed by atoms with E-state index in [1.807, 2.05) is 0 Å². The minimum Gasteiger partial charge on any atom is -0.369 e. The second-order valence-electron chi connectivity index (χ2n) is 2.75. The largest absolute Gasteiger partial charge is 0.369 e. The van der Waals surface area contributed by atoms with Gasteiger partial charge >= 0.3 is 0 Å². The van der Waals surface area contributed by atoms with Crippen molar-refractivity contribution in [3.05, 3.63) is 0 Å². The number of hydrogen-bond acceptors (Lipinski definition) is 3. The Hall–Kier alpha value is -1.19. The fourth-order valence-electron chi connectivity index (χ4n) is 1.18. The molecule has 0 aromatic heterocycles. The topological polar surface area (TPSA) is 77.2 Å². The number of ketones is 2. The fourth-order valence-corrected chi connectivity index (χ4v) is 1.18. The Morgan fingerprint density at radius 3 is 2.27 bits per heavy atom. The molecule has 2 atom stereocenters. The lowest BCUT2D eigenvalue weighted by atomic mass is 10.0. The second-order valence-corrected chi connectivity index (χ2v) is 2.75. The first-order valence-corrected chi connectivity index (χ1v) is 3.39. The monoisotopic (exact) mass is 155 g/mol. The first-order valence-electron chi connectivity index (χ1n) is 3.39. The van der Waals surface area contributed by atoms with Crippen LogP contribution in [-0.2, 0) is 14.4 Å². The number of rotatable bonds is 1. The van der Waals surface area contributed by atoms with Crippen molar-refractivity contribution in [2.24, 2.45) is 17.6 Å². The van der Waals surface area contributed by atoms with Gasteiger partial charge in [-0.25, -0.2) is 0 Å². The summed E-state index contributed by atoms with van der Waals surface area (Å²) in [6.07, 6.45) is -0.00463. The summed E-state index contributed by atoms with van der Waals surface area (Å²) in [6, 6.07) is 0. The van der Waals surface area contributed by atoms with Gasteiger partial charge < -0.3 is 5.73 Å². The second kappa shape index (κ2) is 2.45. The van der Waals surface area contributed by atoms with Gasteiger partial charge in [0.15, 0.2) is 5.78 Å². The zero-order valence-electron chi connectivity index (χ0n) is 6.16. The molecule has 0 heterocycles. The molecule has 60 valence electrons. The zero-order chi connectivity index (χ0) is 8.59. The molecular weight excluding hydrogens is 146 g/mol. The first kappa shape index (κ1) is 7.91. The van der Waals surface area contributed by atoms with E-state index in [0.717, 1.165) is 0 Å². The van der Waals surface area contributed by atoms with Crippen LogP contribution >= 0.6 is 0 Å². The summed E-state index contributed by atoms with van der Waals surface area (Å²) < 4.78 is 0. The lowest BCUT2D eigenvalue weighted by Crippen LogP contribution is -2.27. The van der Waals surface area contributed by atoms with Crippen molar-refractivity contribution in [2.45, 2.75) is 13.3 Å². The third kappa shape index (κ3) is 1.15. The summed E-state index contributed by atoms with van der Waals surface area (Å²) in [4.78, 5) is 32.5. The molecule has 0 saturated heterocycles. The predicted octanol–water partition coefficient (Wildman–Crippen LogP) is -0.734. The summed E-state index contributed by atoms with van der Waals surface area (Å²) in [7, 11) is 0. The molecule has 2 N–H and O–H groups in total. The number of nitrogens with two attached hydrogens (primary N) is 1. The Bertz CT molecular complexity index is 234. The van der Waals surface area contributed by atoms with Gasteiger partial charge in [0, 0.05) is 6.42 Å². The maximum absolute atomic E-state index is 11.0. The molecule has 1 aliphatic carbocycles. The van der Waals surface area contributed by atoms with Crippen LogP contribution in [0.25, 0.3) is 0 Å². The highest BCUT2D eigenvalue weighted by Crippen LogP contribution is 2.22. The van der Waals surface area contributed by atoms with E-state index in [-0.39, 0.29) is 18.0 Å². The van der Waals surface area contributed by atoms with Crippen LogP contribution in [0.2, 0.25) is 0 Å². The number of carbonyl (C=O) groups excluding carboxylic acids is 3. The molecule has 11 heavy (non-hydrogen) atoms. The van der Waals surface area contributed by atoms with Gasteiger partial charge in [-0.15, -0.1) is 0 Å². The molecule has 4 heteroatoms. The van der Waals surface area contributed by atoms with Gasteiger partial charge in [0.25, 0.3) is 0 Å². The Morgan fingerprint density at radius 1 is 1.55 bits per heavy atom. The van der Waals surface area contributed by atoms with Crippen molar-refractivity contribution in [1.29, 1.82) is 0 Å². The van der Waals surface area contributed by atoms with Crippen LogP contribution < -0.4 is 5.73 Å². The summed E-state index contributed by atoms with van der Waals surface area (Å²) in [5, 5.41) is 0. The van der Waals surface area contributed by atoms with Gasteiger partial charge in [0.2, 0.25) is 5.91 Å². The molecule has 0 aromatic rings. The fraction of sp³-hybridized carbons (Fsp3) is 0.571. The van der Waals surface area contributed by atoms with E-state index in [2.05, 4.69) is 0 Å². The van der Waals surface area contributed by atoms with Crippen molar-refractivity contribution in [3.63, 3.8) is 0 Å². The molecular formula is C7H9NO3. The molecule has 0 aromatic carbocycles. The van der Waals surface area contributed by atoms with Crippen molar-refractivity contribution >= 4 is 17.5 Å². The van der Waals surface area contributed by atoms with Crippen LogP contribution in [0.5, 0.6) is 0 Å². The lowest BCUT2D eigenvalue weighted by Gasteiger charge is -1.99. The van der Waals surface area contributed by atoms with E-state index in [1.54, 1.807) is 0 Å². The highest BCUT2D eigenvalue weighted by molar-refractivity contribution is 6.17. The zero-order valence-corrected chi connectivity index (χ0v) is 6.16. The van der Waals surface area contributed by atoms with E-state index < -0.39 is 17.7 Å². The summed E-state index contributed by atoms with van der Waals surface area (Å²) in [5.74, 6) is -2.70. The van der Waals surface area contributed by atoms with Crippen molar-refractivity contribution < 1.29 is 14.4 Å².